The van der Waals surface area contributed by atoms with Gasteiger partial charge in [-0.25, -0.2) is 0 Å². The largest absolute Gasteiger partial charge is 0.469 e. The number of esters is 1. The average molecular weight is 252 g/mol. The molecule has 90 valence electrons. The van der Waals surface area contributed by atoms with E-state index >= 15 is 0 Å². The van der Waals surface area contributed by atoms with Gasteiger partial charge in [-0.15, -0.1) is 11.6 Å². The molecule has 0 fully saturated rings. The molecule has 0 N–H and O–H groups in total. The van der Waals surface area contributed by atoms with Crippen molar-refractivity contribution in [2.75, 3.05) is 7.11 Å². The number of nitrogens with zero attached hydrogens (tertiary/aromatic N) is 1. The molecule has 1 rings (SSSR count). The molecule has 3 nitrogen and oxygen atoms in total. The minimum Gasteiger partial charge on any atom is -0.469 e. The SMILES string of the molecule is CCc1cc(CCl)c(C#N)cc1CC(=O)OC. The zero-order valence-corrected chi connectivity index (χ0v) is 10.7. The van der Waals surface area contributed by atoms with E-state index in [2.05, 4.69) is 10.8 Å². The highest BCUT2D eigenvalue weighted by Crippen LogP contribution is 2.20. The smallest absolute Gasteiger partial charge is 0.309 e. The number of ether oxygens (including phenoxy) is 1. The maximum atomic E-state index is 11.3. The van der Waals surface area contributed by atoms with Crippen LogP contribution in [-0.2, 0) is 28.3 Å². The Hall–Kier alpha value is -1.53. The van der Waals surface area contributed by atoms with E-state index in [0.29, 0.717) is 11.4 Å². The third-order valence-corrected chi connectivity index (χ3v) is 2.92. The first-order valence-corrected chi connectivity index (χ1v) is 5.87. The van der Waals surface area contributed by atoms with Gasteiger partial charge in [0, 0.05) is 5.88 Å². The Morgan fingerprint density at radius 3 is 2.59 bits per heavy atom. The molecule has 0 radical (unpaired) electrons. The van der Waals surface area contributed by atoms with Crippen molar-refractivity contribution in [3.8, 4) is 6.07 Å². The number of aryl methyl sites for hydroxylation is 1. The molecule has 0 saturated carbocycles. The van der Waals surface area contributed by atoms with Crippen molar-refractivity contribution in [3.05, 3.63) is 34.4 Å². The van der Waals surface area contributed by atoms with Crippen LogP contribution in [0, 0.1) is 11.3 Å². The number of alkyl halides is 1. The third-order valence-electron chi connectivity index (χ3n) is 2.63. The van der Waals surface area contributed by atoms with Gasteiger partial charge >= 0.3 is 5.97 Å². The van der Waals surface area contributed by atoms with E-state index in [0.717, 1.165) is 23.1 Å². The van der Waals surface area contributed by atoms with E-state index in [4.69, 9.17) is 16.9 Å². The van der Waals surface area contributed by atoms with E-state index in [-0.39, 0.29) is 12.4 Å². The summed E-state index contributed by atoms with van der Waals surface area (Å²) < 4.78 is 4.64. The summed E-state index contributed by atoms with van der Waals surface area (Å²) in [5.74, 6) is -0.00351. The second-order valence-electron chi connectivity index (χ2n) is 3.63. The first-order valence-electron chi connectivity index (χ1n) is 5.33. The Morgan fingerprint density at radius 2 is 2.12 bits per heavy atom. The summed E-state index contributed by atoms with van der Waals surface area (Å²) in [6.07, 6.45) is 0.985. The molecule has 0 aliphatic carbocycles. The summed E-state index contributed by atoms with van der Waals surface area (Å²) in [7, 11) is 1.35. The lowest BCUT2D eigenvalue weighted by molar-refractivity contribution is -0.139. The monoisotopic (exact) mass is 251 g/mol. The molecular weight excluding hydrogens is 238 g/mol. The highest BCUT2D eigenvalue weighted by Gasteiger charge is 2.11. The molecular formula is C13H14ClNO2. The molecule has 0 atom stereocenters. The summed E-state index contributed by atoms with van der Waals surface area (Å²) in [6.45, 7) is 2.00. The van der Waals surface area contributed by atoms with Crippen molar-refractivity contribution in [2.24, 2.45) is 0 Å². The zero-order valence-electron chi connectivity index (χ0n) is 9.92. The van der Waals surface area contributed by atoms with Gasteiger partial charge in [-0.1, -0.05) is 13.0 Å². The van der Waals surface area contributed by atoms with Crippen molar-refractivity contribution < 1.29 is 9.53 Å². The first kappa shape index (κ1) is 13.5. The molecule has 0 saturated heterocycles. The molecule has 0 unspecified atom stereocenters. The topological polar surface area (TPSA) is 50.1 Å². The van der Waals surface area contributed by atoms with Gasteiger partial charge in [0.1, 0.15) is 0 Å². The number of rotatable bonds is 4. The molecule has 0 aliphatic heterocycles. The van der Waals surface area contributed by atoms with E-state index < -0.39 is 0 Å². The van der Waals surface area contributed by atoms with Crippen molar-refractivity contribution in [1.82, 2.24) is 0 Å². The van der Waals surface area contributed by atoms with Crippen LogP contribution in [0.25, 0.3) is 0 Å². The van der Waals surface area contributed by atoms with Crippen LogP contribution in [0.4, 0.5) is 0 Å². The van der Waals surface area contributed by atoms with Crippen molar-refractivity contribution in [1.29, 1.82) is 5.26 Å². The van der Waals surface area contributed by atoms with Crippen LogP contribution < -0.4 is 0 Å². The molecule has 4 heteroatoms. The summed E-state index contributed by atoms with van der Waals surface area (Å²) in [5.41, 5.74) is 3.20. The number of methoxy groups -OCH3 is 1. The summed E-state index contributed by atoms with van der Waals surface area (Å²) >= 11 is 5.78. The Balaban J connectivity index is 3.20. The lowest BCUT2D eigenvalue weighted by atomic mass is 9.96. The molecule has 0 aliphatic rings. The predicted molar refractivity (Wildman–Crippen MR) is 65.8 cm³/mol. The van der Waals surface area contributed by atoms with Gasteiger partial charge in [-0.2, -0.15) is 5.26 Å². The number of halogens is 1. The molecule has 0 amide bonds. The summed E-state index contributed by atoms with van der Waals surface area (Å²) in [5, 5.41) is 9.00. The molecule has 0 heterocycles. The van der Waals surface area contributed by atoms with Crippen LogP contribution in [0.2, 0.25) is 0 Å². The van der Waals surface area contributed by atoms with Crippen molar-refractivity contribution in [2.45, 2.75) is 25.6 Å². The normalized spacial score (nSPS) is 9.76. The number of hydrogen-bond donors (Lipinski definition) is 0. The number of carbonyl (C=O) groups excluding carboxylic acids is 1. The highest BCUT2D eigenvalue weighted by molar-refractivity contribution is 6.17. The fraction of sp³-hybridized carbons (Fsp3) is 0.385. The first-order chi connectivity index (χ1) is 8.15. The average Bonchev–Trinajstić information content (AvgIpc) is 2.37. The second-order valence-corrected chi connectivity index (χ2v) is 3.90. The Bertz CT molecular complexity index is 463. The van der Waals surface area contributed by atoms with Gasteiger partial charge in [0.25, 0.3) is 0 Å². The predicted octanol–water partition coefficient (Wildman–Crippen LogP) is 2.57. The third kappa shape index (κ3) is 3.21. The van der Waals surface area contributed by atoms with E-state index in [1.54, 1.807) is 6.07 Å². The molecule has 1 aromatic rings. The van der Waals surface area contributed by atoms with Crippen LogP contribution in [0.15, 0.2) is 12.1 Å². The molecule has 0 aromatic heterocycles. The van der Waals surface area contributed by atoms with Crippen molar-refractivity contribution in [3.63, 3.8) is 0 Å². The minimum absolute atomic E-state index is 0.191. The van der Waals surface area contributed by atoms with E-state index in [1.807, 2.05) is 13.0 Å². The molecule has 1 aromatic carbocycles. The van der Waals surface area contributed by atoms with Gasteiger partial charge < -0.3 is 4.74 Å². The maximum absolute atomic E-state index is 11.3. The Labute approximate surface area is 106 Å². The minimum atomic E-state index is -0.304. The lowest BCUT2D eigenvalue weighted by Gasteiger charge is -2.10. The standard InChI is InChI=1S/C13H14ClNO2/c1-3-9-4-11(7-14)12(8-15)5-10(9)6-13(16)17-2/h4-5H,3,6-7H2,1-2H3. The molecule has 17 heavy (non-hydrogen) atoms. The van der Waals surface area contributed by atoms with E-state index in [1.165, 1.54) is 7.11 Å². The summed E-state index contributed by atoms with van der Waals surface area (Å²) in [4.78, 5) is 11.3. The maximum Gasteiger partial charge on any atom is 0.309 e. The number of benzene rings is 1. The van der Waals surface area contributed by atoms with Crippen LogP contribution in [-0.4, -0.2) is 13.1 Å². The van der Waals surface area contributed by atoms with Crippen LogP contribution >= 0.6 is 11.6 Å². The molecule has 0 spiro atoms. The molecule has 0 bridgehead atoms. The fourth-order valence-electron chi connectivity index (χ4n) is 1.68. The summed E-state index contributed by atoms with van der Waals surface area (Å²) in [6, 6.07) is 5.72. The van der Waals surface area contributed by atoms with Crippen LogP contribution in [0.5, 0.6) is 0 Å². The Kier molecular flexibility index (Phi) is 4.99. The van der Waals surface area contributed by atoms with E-state index in [9.17, 15) is 4.79 Å². The van der Waals surface area contributed by atoms with Crippen LogP contribution in [0.3, 0.4) is 0 Å². The quantitative estimate of drug-likeness (QED) is 0.610. The lowest BCUT2D eigenvalue weighted by Crippen LogP contribution is -2.08. The number of carbonyl (C=O) groups is 1. The fourth-order valence-corrected chi connectivity index (χ4v) is 1.90. The number of nitriles is 1. The highest BCUT2D eigenvalue weighted by atomic mass is 35.5. The second kappa shape index (κ2) is 6.27. The van der Waals surface area contributed by atoms with Gasteiger partial charge in [-0.05, 0) is 29.2 Å². The van der Waals surface area contributed by atoms with Gasteiger partial charge in [0.05, 0.1) is 25.2 Å². The zero-order chi connectivity index (χ0) is 12.8. The van der Waals surface area contributed by atoms with Crippen LogP contribution in [0.1, 0.15) is 29.2 Å². The van der Waals surface area contributed by atoms with Gasteiger partial charge in [0.2, 0.25) is 0 Å². The number of hydrogen-bond acceptors (Lipinski definition) is 3. The van der Waals surface area contributed by atoms with Gasteiger partial charge in [-0.3, -0.25) is 4.79 Å². The van der Waals surface area contributed by atoms with Crippen molar-refractivity contribution >= 4 is 17.6 Å². The Morgan fingerprint density at radius 1 is 1.41 bits per heavy atom. The van der Waals surface area contributed by atoms with Gasteiger partial charge in [0.15, 0.2) is 0 Å².